The van der Waals surface area contributed by atoms with E-state index in [1.165, 1.54) is 22.7 Å². The molecular formula is C25H31N5OS. The van der Waals surface area contributed by atoms with Crippen molar-refractivity contribution in [2.45, 2.75) is 26.3 Å². The van der Waals surface area contributed by atoms with Crippen molar-refractivity contribution in [1.29, 1.82) is 0 Å². The van der Waals surface area contributed by atoms with Crippen molar-refractivity contribution in [3.05, 3.63) is 77.6 Å². The molecule has 32 heavy (non-hydrogen) atoms. The van der Waals surface area contributed by atoms with E-state index in [0.29, 0.717) is 13.0 Å². The number of benzene rings is 2. The Balaban J connectivity index is 1.42. The van der Waals surface area contributed by atoms with Crippen LogP contribution in [-0.4, -0.2) is 64.3 Å². The number of rotatable bonds is 9. The maximum absolute atomic E-state index is 12.9. The predicted molar refractivity (Wildman–Crippen MR) is 130 cm³/mol. The van der Waals surface area contributed by atoms with Crippen molar-refractivity contribution < 1.29 is 4.79 Å². The first kappa shape index (κ1) is 22.4. The standard InChI is InChI=1S/C25H31N5OS/c1-2-28-15-17-29(18-16-28)24(31)13-14-30(20-22-11-7-4-8-12-22)25-26-23(27-32-25)19-21-9-5-3-6-10-21/h3-12H,2,13-20H2,1H3. The van der Waals surface area contributed by atoms with Crippen LogP contribution in [0.3, 0.4) is 0 Å². The van der Waals surface area contributed by atoms with E-state index in [9.17, 15) is 4.79 Å². The van der Waals surface area contributed by atoms with E-state index in [4.69, 9.17) is 4.98 Å². The molecule has 1 aliphatic rings. The van der Waals surface area contributed by atoms with Crippen LogP contribution >= 0.6 is 11.5 Å². The third kappa shape index (κ3) is 6.14. The summed E-state index contributed by atoms with van der Waals surface area (Å²) < 4.78 is 4.60. The summed E-state index contributed by atoms with van der Waals surface area (Å²) in [5, 5.41) is 0.878. The molecular weight excluding hydrogens is 418 g/mol. The summed E-state index contributed by atoms with van der Waals surface area (Å²) >= 11 is 1.42. The smallest absolute Gasteiger partial charge is 0.224 e. The average Bonchev–Trinajstić information content (AvgIpc) is 3.31. The number of amides is 1. The number of anilines is 1. The van der Waals surface area contributed by atoms with Crippen molar-refractivity contribution >= 4 is 22.6 Å². The Kier molecular flexibility index (Phi) is 7.85. The van der Waals surface area contributed by atoms with Gasteiger partial charge in [0.05, 0.1) is 0 Å². The first-order chi connectivity index (χ1) is 15.7. The van der Waals surface area contributed by atoms with Crippen molar-refractivity contribution in [1.82, 2.24) is 19.2 Å². The number of hydrogen-bond donors (Lipinski definition) is 0. The fraction of sp³-hybridized carbons (Fsp3) is 0.400. The molecule has 0 aliphatic carbocycles. The lowest BCUT2D eigenvalue weighted by Crippen LogP contribution is -2.49. The maximum atomic E-state index is 12.9. The predicted octanol–water partition coefficient (Wildman–Crippen LogP) is 3.69. The molecule has 1 amide bonds. The number of carbonyl (C=O) groups excluding carboxylic acids is 1. The molecule has 1 saturated heterocycles. The molecule has 7 heteroatoms. The van der Waals surface area contributed by atoms with Crippen molar-refractivity contribution in [2.75, 3.05) is 44.2 Å². The van der Waals surface area contributed by atoms with Crippen LogP contribution in [-0.2, 0) is 17.8 Å². The fourth-order valence-electron chi connectivity index (χ4n) is 3.97. The van der Waals surface area contributed by atoms with Crippen molar-refractivity contribution in [3.63, 3.8) is 0 Å². The van der Waals surface area contributed by atoms with E-state index in [2.05, 4.69) is 45.4 Å². The molecule has 6 nitrogen and oxygen atoms in total. The van der Waals surface area contributed by atoms with Gasteiger partial charge < -0.3 is 14.7 Å². The Morgan fingerprint density at radius 3 is 2.28 bits per heavy atom. The van der Waals surface area contributed by atoms with Gasteiger partial charge in [-0.15, -0.1) is 0 Å². The van der Waals surface area contributed by atoms with Crippen LogP contribution in [0.4, 0.5) is 5.13 Å². The summed E-state index contributed by atoms with van der Waals surface area (Å²) in [6, 6.07) is 20.6. The zero-order valence-electron chi connectivity index (χ0n) is 18.7. The summed E-state index contributed by atoms with van der Waals surface area (Å²) in [4.78, 5) is 24.3. The van der Waals surface area contributed by atoms with Crippen LogP contribution < -0.4 is 4.90 Å². The second kappa shape index (κ2) is 11.2. The van der Waals surface area contributed by atoms with Crippen LogP contribution in [0, 0.1) is 0 Å². The molecule has 0 unspecified atom stereocenters. The molecule has 4 rings (SSSR count). The SMILES string of the molecule is CCN1CCN(C(=O)CCN(Cc2ccccc2)c2nc(Cc3ccccc3)ns2)CC1. The molecule has 3 aromatic rings. The minimum atomic E-state index is 0.229. The highest BCUT2D eigenvalue weighted by Gasteiger charge is 2.22. The van der Waals surface area contributed by atoms with Gasteiger partial charge in [-0.05, 0) is 17.7 Å². The number of likely N-dealkylation sites (N-methyl/N-ethyl adjacent to an activating group) is 1. The monoisotopic (exact) mass is 449 g/mol. The molecule has 1 fully saturated rings. The molecule has 168 valence electrons. The number of piperazine rings is 1. The zero-order valence-corrected chi connectivity index (χ0v) is 19.5. The molecule has 2 aromatic carbocycles. The lowest BCUT2D eigenvalue weighted by molar-refractivity contribution is -0.132. The van der Waals surface area contributed by atoms with Gasteiger partial charge in [-0.25, -0.2) is 4.98 Å². The van der Waals surface area contributed by atoms with Crippen LogP contribution in [0.1, 0.15) is 30.3 Å². The average molecular weight is 450 g/mol. The summed E-state index contributed by atoms with van der Waals surface area (Å²) in [5.41, 5.74) is 2.41. The number of carbonyl (C=O) groups is 1. The van der Waals surface area contributed by atoms with E-state index in [1.54, 1.807) is 0 Å². The summed E-state index contributed by atoms with van der Waals surface area (Å²) in [6.07, 6.45) is 1.21. The van der Waals surface area contributed by atoms with Gasteiger partial charge in [-0.2, -0.15) is 4.37 Å². The second-order valence-electron chi connectivity index (χ2n) is 8.13. The van der Waals surface area contributed by atoms with Gasteiger partial charge in [-0.3, -0.25) is 4.79 Å². The first-order valence-electron chi connectivity index (χ1n) is 11.4. The van der Waals surface area contributed by atoms with Gasteiger partial charge >= 0.3 is 0 Å². The van der Waals surface area contributed by atoms with E-state index >= 15 is 0 Å². The van der Waals surface area contributed by atoms with Gasteiger partial charge in [0.15, 0.2) is 0 Å². The molecule has 0 bridgehead atoms. The Bertz CT molecular complexity index is 970. The third-order valence-corrected chi connectivity index (χ3v) is 6.73. The van der Waals surface area contributed by atoms with E-state index in [-0.39, 0.29) is 5.91 Å². The van der Waals surface area contributed by atoms with E-state index < -0.39 is 0 Å². The molecule has 1 aliphatic heterocycles. The summed E-state index contributed by atoms with van der Waals surface area (Å²) in [6.45, 7) is 8.17. The molecule has 0 saturated carbocycles. The van der Waals surface area contributed by atoms with Crippen LogP contribution in [0.25, 0.3) is 0 Å². The maximum Gasteiger partial charge on any atom is 0.224 e. The van der Waals surface area contributed by atoms with Gasteiger partial charge in [-0.1, -0.05) is 67.6 Å². The molecule has 0 atom stereocenters. The van der Waals surface area contributed by atoms with E-state index in [1.807, 2.05) is 41.3 Å². The van der Waals surface area contributed by atoms with Crippen LogP contribution in [0.15, 0.2) is 60.7 Å². The minimum Gasteiger partial charge on any atom is -0.342 e. The highest BCUT2D eigenvalue weighted by molar-refractivity contribution is 7.09. The Morgan fingerprint density at radius 2 is 1.62 bits per heavy atom. The fourth-order valence-corrected chi connectivity index (χ4v) is 4.68. The minimum absolute atomic E-state index is 0.229. The van der Waals surface area contributed by atoms with Crippen LogP contribution in [0.5, 0.6) is 0 Å². The highest BCUT2D eigenvalue weighted by Crippen LogP contribution is 2.22. The third-order valence-electron chi connectivity index (χ3n) is 5.92. The molecule has 1 aromatic heterocycles. The Labute approximate surface area is 194 Å². The second-order valence-corrected chi connectivity index (χ2v) is 8.86. The highest BCUT2D eigenvalue weighted by atomic mass is 32.1. The Hall–Kier alpha value is -2.77. The largest absolute Gasteiger partial charge is 0.342 e. The summed E-state index contributed by atoms with van der Waals surface area (Å²) in [7, 11) is 0. The number of hydrogen-bond acceptors (Lipinski definition) is 6. The van der Waals surface area contributed by atoms with Crippen LogP contribution in [0.2, 0.25) is 0 Å². The summed E-state index contributed by atoms with van der Waals surface area (Å²) in [5.74, 6) is 1.06. The molecule has 2 heterocycles. The quantitative estimate of drug-likeness (QED) is 0.499. The normalized spacial score (nSPS) is 14.5. The molecule has 0 spiro atoms. The lowest BCUT2D eigenvalue weighted by Gasteiger charge is -2.34. The van der Waals surface area contributed by atoms with Gasteiger partial charge in [0.1, 0.15) is 5.82 Å². The number of nitrogens with zero attached hydrogens (tertiary/aromatic N) is 5. The zero-order chi connectivity index (χ0) is 22.2. The van der Waals surface area contributed by atoms with Crippen molar-refractivity contribution in [3.8, 4) is 0 Å². The lowest BCUT2D eigenvalue weighted by atomic mass is 10.1. The number of aromatic nitrogens is 2. The Morgan fingerprint density at radius 1 is 0.969 bits per heavy atom. The van der Waals surface area contributed by atoms with Gasteiger partial charge in [0.25, 0.3) is 0 Å². The first-order valence-corrected chi connectivity index (χ1v) is 12.1. The van der Waals surface area contributed by atoms with E-state index in [0.717, 1.165) is 56.6 Å². The molecule has 0 radical (unpaired) electrons. The van der Waals surface area contributed by atoms with Gasteiger partial charge in [0, 0.05) is 63.6 Å². The topological polar surface area (TPSA) is 52.6 Å². The van der Waals surface area contributed by atoms with Gasteiger partial charge in [0.2, 0.25) is 11.0 Å². The molecule has 0 N–H and O–H groups in total. The van der Waals surface area contributed by atoms with Crippen molar-refractivity contribution in [2.24, 2.45) is 0 Å².